The SMILES string of the molecule is C1=NCCN1.O=C(O)CCCCCCCCC(=O)O. The smallest absolute Gasteiger partial charge is 0.303 e. The van der Waals surface area contributed by atoms with Crippen LogP contribution in [-0.2, 0) is 9.59 Å². The molecule has 0 aromatic rings. The summed E-state index contributed by atoms with van der Waals surface area (Å²) >= 11 is 0. The highest BCUT2D eigenvalue weighted by Gasteiger charge is 1.98. The average Bonchev–Trinajstić information content (AvgIpc) is 2.90. The summed E-state index contributed by atoms with van der Waals surface area (Å²) in [5, 5.41) is 19.6. The van der Waals surface area contributed by atoms with Crippen LogP contribution in [0.25, 0.3) is 0 Å². The van der Waals surface area contributed by atoms with E-state index in [0.717, 1.165) is 51.6 Å². The normalized spacial score (nSPS) is 12.4. The van der Waals surface area contributed by atoms with Crippen LogP contribution >= 0.6 is 0 Å². The van der Waals surface area contributed by atoms with Gasteiger partial charge in [-0.25, -0.2) is 0 Å². The minimum absolute atomic E-state index is 0.245. The lowest BCUT2D eigenvalue weighted by molar-refractivity contribution is -0.138. The average molecular weight is 272 g/mol. The van der Waals surface area contributed by atoms with Crippen molar-refractivity contribution in [3.63, 3.8) is 0 Å². The van der Waals surface area contributed by atoms with Gasteiger partial charge in [0.25, 0.3) is 0 Å². The summed E-state index contributed by atoms with van der Waals surface area (Å²) in [6, 6.07) is 0. The van der Waals surface area contributed by atoms with Gasteiger partial charge in [-0.05, 0) is 12.8 Å². The Labute approximate surface area is 113 Å². The topological polar surface area (TPSA) is 99.0 Å². The monoisotopic (exact) mass is 272 g/mol. The van der Waals surface area contributed by atoms with Crippen LogP contribution < -0.4 is 5.32 Å². The fraction of sp³-hybridized carbons (Fsp3) is 0.769. The Bertz CT molecular complexity index is 254. The Morgan fingerprint density at radius 3 is 1.68 bits per heavy atom. The van der Waals surface area contributed by atoms with Crippen LogP contribution in [0, 0.1) is 0 Å². The van der Waals surface area contributed by atoms with Crippen molar-refractivity contribution in [3.05, 3.63) is 0 Å². The van der Waals surface area contributed by atoms with Crippen LogP contribution in [-0.4, -0.2) is 41.6 Å². The highest BCUT2D eigenvalue weighted by Crippen LogP contribution is 2.08. The van der Waals surface area contributed by atoms with E-state index >= 15 is 0 Å². The molecule has 1 rings (SSSR count). The third-order valence-electron chi connectivity index (χ3n) is 2.60. The number of rotatable bonds is 9. The van der Waals surface area contributed by atoms with Gasteiger partial charge in [-0.3, -0.25) is 14.6 Å². The Hall–Kier alpha value is -1.59. The molecular formula is C13H24N2O4. The Kier molecular flexibility index (Phi) is 11.8. The summed E-state index contributed by atoms with van der Waals surface area (Å²) < 4.78 is 0. The van der Waals surface area contributed by atoms with Crippen molar-refractivity contribution in [2.24, 2.45) is 4.99 Å². The van der Waals surface area contributed by atoms with Crippen LogP contribution in [0.1, 0.15) is 51.4 Å². The van der Waals surface area contributed by atoms with Gasteiger partial charge in [-0.1, -0.05) is 25.7 Å². The van der Waals surface area contributed by atoms with Gasteiger partial charge in [0.05, 0.1) is 12.9 Å². The lowest BCUT2D eigenvalue weighted by atomic mass is 10.1. The molecule has 0 aromatic carbocycles. The molecule has 0 aromatic heterocycles. The summed E-state index contributed by atoms with van der Waals surface area (Å²) in [4.78, 5) is 24.1. The first-order chi connectivity index (χ1) is 9.13. The van der Waals surface area contributed by atoms with E-state index in [1.54, 1.807) is 6.34 Å². The third-order valence-corrected chi connectivity index (χ3v) is 2.60. The lowest BCUT2D eigenvalue weighted by Gasteiger charge is -1.98. The van der Waals surface area contributed by atoms with Crippen molar-refractivity contribution >= 4 is 18.3 Å². The van der Waals surface area contributed by atoms with E-state index in [1.807, 2.05) is 0 Å². The van der Waals surface area contributed by atoms with Gasteiger partial charge in [0.15, 0.2) is 0 Å². The maximum absolute atomic E-state index is 10.1. The first-order valence-electron chi connectivity index (χ1n) is 6.78. The highest BCUT2D eigenvalue weighted by molar-refractivity contribution is 5.66. The molecule has 110 valence electrons. The maximum Gasteiger partial charge on any atom is 0.303 e. The molecule has 1 aliphatic rings. The number of unbranched alkanes of at least 4 members (excludes halogenated alkanes) is 5. The number of carboxylic acids is 2. The molecule has 0 aliphatic carbocycles. The summed E-state index contributed by atoms with van der Waals surface area (Å²) in [6.45, 7) is 1.99. The fourth-order valence-corrected chi connectivity index (χ4v) is 1.58. The maximum atomic E-state index is 10.1. The quantitative estimate of drug-likeness (QED) is 0.557. The van der Waals surface area contributed by atoms with Gasteiger partial charge in [0, 0.05) is 19.4 Å². The van der Waals surface area contributed by atoms with E-state index in [-0.39, 0.29) is 12.8 Å². The van der Waals surface area contributed by atoms with Crippen molar-refractivity contribution in [1.82, 2.24) is 5.32 Å². The van der Waals surface area contributed by atoms with E-state index in [2.05, 4.69) is 10.3 Å². The first kappa shape index (κ1) is 17.4. The van der Waals surface area contributed by atoms with Crippen LogP contribution in [0.2, 0.25) is 0 Å². The lowest BCUT2D eigenvalue weighted by Crippen LogP contribution is -2.04. The second-order valence-electron chi connectivity index (χ2n) is 4.40. The summed E-state index contributed by atoms with van der Waals surface area (Å²) in [6.07, 6.45) is 7.56. The van der Waals surface area contributed by atoms with Gasteiger partial charge >= 0.3 is 11.9 Å². The second kappa shape index (κ2) is 12.9. The molecule has 0 bridgehead atoms. The molecule has 6 heteroatoms. The number of nitrogens with one attached hydrogen (secondary N) is 1. The van der Waals surface area contributed by atoms with Gasteiger partial charge in [-0.2, -0.15) is 0 Å². The van der Waals surface area contributed by atoms with E-state index in [4.69, 9.17) is 10.2 Å². The number of nitrogens with zero attached hydrogens (tertiary/aromatic N) is 1. The molecule has 0 fully saturated rings. The fourth-order valence-electron chi connectivity index (χ4n) is 1.58. The third kappa shape index (κ3) is 16.4. The number of hydrogen-bond donors (Lipinski definition) is 3. The van der Waals surface area contributed by atoms with Crippen molar-refractivity contribution in [2.45, 2.75) is 51.4 Å². The second-order valence-corrected chi connectivity index (χ2v) is 4.40. The van der Waals surface area contributed by atoms with E-state index in [1.165, 1.54) is 0 Å². The van der Waals surface area contributed by atoms with Crippen LogP contribution in [0.3, 0.4) is 0 Å². The van der Waals surface area contributed by atoms with Crippen LogP contribution in [0.5, 0.6) is 0 Å². The zero-order valence-electron chi connectivity index (χ0n) is 11.3. The van der Waals surface area contributed by atoms with Crippen molar-refractivity contribution in [1.29, 1.82) is 0 Å². The van der Waals surface area contributed by atoms with Crippen molar-refractivity contribution < 1.29 is 19.8 Å². The Morgan fingerprint density at radius 1 is 0.947 bits per heavy atom. The molecule has 6 nitrogen and oxygen atoms in total. The van der Waals surface area contributed by atoms with Crippen molar-refractivity contribution in [3.8, 4) is 0 Å². The molecule has 0 saturated heterocycles. The molecule has 1 heterocycles. The van der Waals surface area contributed by atoms with Crippen molar-refractivity contribution in [2.75, 3.05) is 13.1 Å². The van der Waals surface area contributed by atoms with Gasteiger partial charge in [-0.15, -0.1) is 0 Å². The summed E-state index contributed by atoms with van der Waals surface area (Å²) in [5.74, 6) is -1.48. The molecule has 1 aliphatic heterocycles. The molecule has 0 saturated carbocycles. The van der Waals surface area contributed by atoms with E-state index in [0.29, 0.717) is 0 Å². The number of aliphatic carboxylic acids is 2. The number of carbonyl (C=O) groups is 2. The predicted molar refractivity (Wildman–Crippen MR) is 73.6 cm³/mol. The molecule has 0 radical (unpaired) electrons. The molecule has 0 amide bonds. The Morgan fingerprint density at radius 2 is 1.42 bits per heavy atom. The standard InChI is InChI=1S/C10H18O4.C3H6N2/c11-9(12)7-5-3-1-2-4-6-8-10(13)14;1-2-5-3-4-1/h1-8H2,(H,11,12)(H,13,14);3H,1-2H2,(H,4,5). The first-order valence-corrected chi connectivity index (χ1v) is 6.78. The molecule has 19 heavy (non-hydrogen) atoms. The van der Waals surface area contributed by atoms with E-state index in [9.17, 15) is 9.59 Å². The predicted octanol–water partition coefficient (Wildman–Crippen LogP) is 1.89. The zero-order chi connectivity index (χ0) is 14.3. The number of hydrogen-bond acceptors (Lipinski definition) is 4. The van der Waals surface area contributed by atoms with E-state index < -0.39 is 11.9 Å². The van der Waals surface area contributed by atoms with Crippen LogP contribution in [0.15, 0.2) is 4.99 Å². The number of aliphatic imine (C=N–C) groups is 1. The molecule has 3 N–H and O–H groups in total. The van der Waals surface area contributed by atoms with Gasteiger partial charge in [0.2, 0.25) is 0 Å². The minimum atomic E-state index is -0.740. The van der Waals surface area contributed by atoms with Crippen LogP contribution in [0.4, 0.5) is 0 Å². The highest BCUT2D eigenvalue weighted by atomic mass is 16.4. The molecule has 0 unspecified atom stereocenters. The molecule has 0 atom stereocenters. The zero-order valence-corrected chi connectivity index (χ0v) is 11.3. The minimum Gasteiger partial charge on any atom is -0.481 e. The largest absolute Gasteiger partial charge is 0.481 e. The van der Waals surface area contributed by atoms with Gasteiger partial charge < -0.3 is 15.5 Å². The summed E-state index contributed by atoms with van der Waals surface area (Å²) in [5.41, 5.74) is 0. The number of carboxylic acid groups (broad SMARTS) is 2. The summed E-state index contributed by atoms with van der Waals surface area (Å²) in [7, 11) is 0. The molecular weight excluding hydrogens is 248 g/mol. The van der Waals surface area contributed by atoms with Gasteiger partial charge in [0.1, 0.15) is 0 Å². The Balaban J connectivity index is 0.000000532. The molecule has 0 spiro atoms.